The summed E-state index contributed by atoms with van der Waals surface area (Å²) in [5.74, 6) is 1.39. The summed E-state index contributed by atoms with van der Waals surface area (Å²) in [5.41, 5.74) is 1.48. The van der Waals surface area contributed by atoms with Gasteiger partial charge >= 0.3 is 0 Å². The number of carbonyl (C=O) groups is 1. The Kier molecular flexibility index (Phi) is 4.14. The van der Waals surface area contributed by atoms with Crippen LogP contribution in [0.4, 0.5) is 0 Å². The Morgan fingerprint density at radius 3 is 2.74 bits per heavy atom. The largest absolute Gasteiger partial charge is 0.354 e. The van der Waals surface area contributed by atoms with Crippen LogP contribution in [-0.4, -0.2) is 36.7 Å². The van der Waals surface area contributed by atoms with E-state index in [2.05, 4.69) is 17.2 Å². The molecular weight excluding hydrogens is 314 g/mol. The summed E-state index contributed by atoms with van der Waals surface area (Å²) < 4.78 is 24.9. The lowest BCUT2D eigenvalue weighted by molar-refractivity contribution is -0.121. The number of fused-ring (bicyclic) bond motifs is 1. The van der Waals surface area contributed by atoms with Gasteiger partial charge in [-0.2, -0.15) is 0 Å². The van der Waals surface area contributed by atoms with Gasteiger partial charge in [0.15, 0.2) is 9.84 Å². The molecule has 1 aromatic carbocycles. The number of imidazole rings is 1. The lowest BCUT2D eigenvalue weighted by Crippen LogP contribution is -2.30. The normalized spacial score (nSPS) is 20.6. The number of nitrogens with one attached hydrogen (secondary N) is 1. The predicted molar refractivity (Wildman–Crippen MR) is 88.6 cm³/mol. The second-order valence-corrected chi connectivity index (χ2v) is 8.59. The Balaban J connectivity index is 1.82. The molecule has 1 amide bonds. The Bertz CT molecular complexity index is 841. The first-order valence-electron chi connectivity index (χ1n) is 7.72. The highest BCUT2D eigenvalue weighted by atomic mass is 32.2. The van der Waals surface area contributed by atoms with Crippen LogP contribution >= 0.6 is 0 Å². The Hall–Kier alpha value is -1.89. The van der Waals surface area contributed by atoms with Crippen LogP contribution in [0.2, 0.25) is 0 Å². The van der Waals surface area contributed by atoms with Crippen molar-refractivity contribution < 1.29 is 13.2 Å². The van der Waals surface area contributed by atoms with E-state index in [0.717, 1.165) is 11.9 Å². The topological polar surface area (TPSA) is 81.1 Å². The Labute approximate surface area is 135 Å². The van der Waals surface area contributed by atoms with E-state index in [1.165, 1.54) is 6.26 Å². The zero-order valence-electron chi connectivity index (χ0n) is 13.3. The Morgan fingerprint density at radius 1 is 1.39 bits per heavy atom. The molecule has 0 radical (unpaired) electrons. The van der Waals surface area contributed by atoms with Crippen LogP contribution in [0.1, 0.15) is 19.2 Å². The number of para-hydroxylation sites is 2. The SMILES string of the molecule is C[C@H]1C[C@@H]1CNC(=O)Cn1c(CS(C)(=O)=O)nc2ccccc21. The zero-order chi connectivity index (χ0) is 16.6. The molecule has 0 saturated heterocycles. The van der Waals surface area contributed by atoms with E-state index in [4.69, 9.17) is 0 Å². The van der Waals surface area contributed by atoms with Gasteiger partial charge in [-0.15, -0.1) is 0 Å². The molecule has 1 N–H and O–H groups in total. The standard InChI is InChI=1S/C16H21N3O3S/c1-11-7-12(11)8-17-16(20)9-19-14-6-4-3-5-13(14)18-15(19)10-23(2,21)22/h3-6,11-12H,7-10H2,1-2H3,(H,17,20)/t11-,12+/m0/s1. The first-order chi connectivity index (χ1) is 10.8. The van der Waals surface area contributed by atoms with Gasteiger partial charge in [0.25, 0.3) is 0 Å². The first-order valence-corrected chi connectivity index (χ1v) is 9.78. The summed E-state index contributed by atoms with van der Waals surface area (Å²) in [4.78, 5) is 16.6. The highest BCUT2D eigenvalue weighted by molar-refractivity contribution is 7.89. The van der Waals surface area contributed by atoms with Gasteiger partial charge in [-0.25, -0.2) is 13.4 Å². The number of nitrogens with zero attached hydrogens (tertiary/aromatic N) is 2. The van der Waals surface area contributed by atoms with Crippen LogP contribution in [0, 0.1) is 11.8 Å². The molecule has 0 unspecified atom stereocenters. The van der Waals surface area contributed by atoms with Gasteiger partial charge in [0.05, 0.1) is 11.0 Å². The number of hydrogen-bond acceptors (Lipinski definition) is 4. The number of rotatable bonds is 6. The van der Waals surface area contributed by atoms with E-state index in [1.807, 2.05) is 24.3 Å². The summed E-state index contributed by atoms with van der Waals surface area (Å²) >= 11 is 0. The number of hydrogen-bond donors (Lipinski definition) is 1. The number of carbonyl (C=O) groups excluding carboxylic acids is 1. The second kappa shape index (κ2) is 5.96. The van der Waals surface area contributed by atoms with Crippen molar-refractivity contribution in [2.75, 3.05) is 12.8 Å². The van der Waals surface area contributed by atoms with Crippen LogP contribution in [-0.2, 0) is 26.9 Å². The molecule has 1 heterocycles. The van der Waals surface area contributed by atoms with Gasteiger partial charge in [-0.05, 0) is 30.4 Å². The molecule has 1 aliphatic rings. The average Bonchev–Trinajstić information content (AvgIpc) is 3.07. The minimum absolute atomic E-state index is 0.0897. The third kappa shape index (κ3) is 3.90. The monoisotopic (exact) mass is 335 g/mol. The molecule has 0 spiro atoms. The van der Waals surface area contributed by atoms with E-state index in [-0.39, 0.29) is 18.2 Å². The van der Waals surface area contributed by atoms with Crippen LogP contribution in [0.5, 0.6) is 0 Å². The van der Waals surface area contributed by atoms with Gasteiger partial charge in [0, 0.05) is 12.8 Å². The predicted octanol–water partition coefficient (Wildman–Crippen LogP) is 1.35. The number of amides is 1. The highest BCUT2D eigenvalue weighted by Crippen LogP contribution is 2.36. The maximum atomic E-state index is 12.2. The van der Waals surface area contributed by atoms with Gasteiger partial charge < -0.3 is 9.88 Å². The maximum absolute atomic E-state index is 12.2. The third-order valence-electron chi connectivity index (χ3n) is 4.26. The molecule has 7 heteroatoms. The molecule has 1 aromatic heterocycles. The summed E-state index contributed by atoms with van der Waals surface area (Å²) in [7, 11) is -3.22. The fourth-order valence-electron chi connectivity index (χ4n) is 2.77. The third-order valence-corrected chi connectivity index (χ3v) is 5.05. The van der Waals surface area contributed by atoms with Crippen molar-refractivity contribution >= 4 is 26.8 Å². The molecule has 1 saturated carbocycles. The lowest BCUT2D eigenvalue weighted by atomic mass is 10.3. The molecule has 2 atom stereocenters. The van der Waals surface area contributed by atoms with Crippen molar-refractivity contribution in [3.63, 3.8) is 0 Å². The van der Waals surface area contributed by atoms with Crippen molar-refractivity contribution in [3.8, 4) is 0 Å². The highest BCUT2D eigenvalue weighted by Gasteiger charge is 2.32. The molecule has 2 aromatic rings. The van der Waals surface area contributed by atoms with E-state index >= 15 is 0 Å². The quantitative estimate of drug-likeness (QED) is 0.864. The lowest BCUT2D eigenvalue weighted by Gasteiger charge is -2.09. The molecule has 124 valence electrons. The van der Waals surface area contributed by atoms with Gasteiger partial charge in [-0.1, -0.05) is 19.1 Å². The first kappa shape index (κ1) is 16.0. The van der Waals surface area contributed by atoms with E-state index in [9.17, 15) is 13.2 Å². The Morgan fingerprint density at radius 2 is 2.09 bits per heavy atom. The number of sulfone groups is 1. The summed E-state index contributed by atoms with van der Waals surface area (Å²) in [6, 6.07) is 7.37. The smallest absolute Gasteiger partial charge is 0.240 e. The van der Waals surface area contributed by atoms with Crippen LogP contribution in [0.25, 0.3) is 11.0 Å². The fraction of sp³-hybridized carbons (Fsp3) is 0.500. The van der Waals surface area contributed by atoms with Crippen LogP contribution < -0.4 is 5.32 Å². The van der Waals surface area contributed by atoms with Gasteiger partial charge in [-0.3, -0.25) is 4.79 Å². The molecular formula is C16H21N3O3S. The van der Waals surface area contributed by atoms with E-state index in [1.54, 1.807) is 4.57 Å². The second-order valence-electron chi connectivity index (χ2n) is 6.45. The fourth-order valence-corrected chi connectivity index (χ4v) is 3.46. The zero-order valence-corrected chi connectivity index (χ0v) is 14.1. The number of benzene rings is 1. The van der Waals surface area contributed by atoms with E-state index in [0.29, 0.717) is 29.7 Å². The molecule has 1 aliphatic carbocycles. The molecule has 3 rings (SSSR count). The molecule has 1 fully saturated rings. The molecule has 6 nitrogen and oxygen atoms in total. The average molecular weight is 335 g/mol. The van der Waals surface area contributed by atoms with Gasteiger partial charge in [0.1, 0.15) is 18.1 Å². The van der Waals surface area contributed by atoms with Crippen molar-refractivity contribution in [2.45, 2.75) is 25.6 Å². The summed E-state index contributed by atoms with van der Waals surface area (Å²) in [5, 5.41) is 2.93. The molecule has 0 bridgehead atoms. The molecule has 0 aliphatic heterocycles. The van der Waals surface area contributed by atoms with Crippen LogP contribution in [0.15, 0.2) is 24.3 Å². The number of aromatic nitrogens is 2. The summed E-state index contributed by atoms with van der Waals surface area (Å²) in [6.45, 7) is 2.95. The van der Waals surface area contributed by atoms with E-state index < -0.39 is 9.84 Å². The molecule has 23 heavy (non-hydrogen) atoms. The van der Waals surface area contributed by atoms with Crippen molar-refractivity contribution in [1.82, 2.24) is 14.9 Å². The van der Waals surface area contributed by atoms with Crippen molar-refractivity contribution in [3.05, 3.63) is 30.1 Å². The maximum Gasteiger partial charge on any atom is 0.240 e. The van der Waals surface area contributed by atoms with Crippen molar-refractivity contribution in [2.24, 2.45) is 11.8 Å². The minimum Gasteiger partial charge on any atom is -0.354 e. The van der Waals surface area contributed by atoms with Crippen LogP contribution in [0.3, 0.4) is 0 Å². The minimum atomic E-state index is -3.22. The van der Waals surface area contributed by atoms with Crippen molar-refractivity contribution in [1.29, 1.82) is 0 Å². The van der Waals surface area contributed by atoms with Gasteiger partial charge in [0.2, 0.25) is 5.91 Å². The summed E-state index contributed by atoms with van der Waals surface area (Å²) in [6.07, 6.45) is 2.33.